The Labute approximate surface area is 175 Å². The molecule has 0 saturated carbocycles. The van der Waals surface area contributed by atoms with Crippen LogP contribution in [0.15, 0.2) is 41.0 Å². The number of hydrogen-bond acceptors (Lipinski definition) is 7. The van der Waals surface area contributed by atoms with Gasteiger partial charge in [0.15, 0.2) is 11.4 Å². The largest absolute Gasteiger partial charge is 0.459 e. The monoisotopic (exact) mass is 408 g/mol. The van der Waals surface area contributed by atoms with Crippen molar-refractivity contribution in [1.82, 2.24) is 15.3 Å². The number of anilines is 4. The number of nitrogens with zero attached hydrogens (tertiary/aromatic N) is 2. The highest BCUT2D eigenvalue weighted by molar-refractivity contribution is 5.91. The van der Waals surface area contributed by atoms with Crippen LogP contribution in [-0.2, 0) is 4.79 Å². The van der Waals surface area contributed by atoms with Gasteiger partial charge in [-0.2, -0.15) is 4.98 Å². The predicted octanol–water partition coefficient (Wildman–Crippen LogP) is 4.12. The van der Waals surface area contributed by atoms with Crippen LogP contribution in [0.1, 0.15) is 32.6 Å². The minimum Gasteiger partial charge on any atom is -0.459 e. The van der Waals surface area contributed by atoms with Crippen LogP contribution in [0.4, 0.5) is 23.1 Å². The van der Waals surface area contributed by atoms with Crippen molar-refractivity contribution >= 4 is 40.1 Å². The molecule has 30 heavy (non-hydrogen) atoms. The van der Waals surface area contributed by atoms with Gasteiger partial charge in [0.2, 0.25) is 11.9 Å². The number of carbonyl (C=O) groups excluding carboxylic acids is 1. The van der Waals surface area contributed by atoms with Crippen molar-refractivity contribution in [3.05, 3.63) is 36.6 Å². The maximum atomic E-state index is 11.7. The molecule has 3 heterocycles. The van der Waals surface area contributed by atoms with E-state index < -0.39 is 0 Å². The first-order valence-corrected chi connectivity index (χ1v) is 10.6. The highest BCUT2D eigenvalue weighted by atomic mass is 16.3. The number of piperidine rings is 1. The van der Waals surface area contributed by atoms with Crippen LogP contribution in [0.3, 0.4) is 0 Å². The summed E-state index contributed by atoms with van der Waals surface area (Å²) in [5, 5.41) is 13.0. The molecule has 1 aliphatic rings. The Morgan fingerprint density at radius 1 is 1.13 bits per heavy atom. The van der Waals surface area contributed by atoms with Crippen LogP contribution in [-0.4, -0.2) is 35.5 Å². The number of furan rings is 1. The normalized spacial score (nSPS) is 14.6. The highest BCUT2D eigenvalue weighted by Crippen LogP contribution is 2.26. The second-order valence-corrected chi connectivity index (χ2v) is 7.61. The molecule has 4 rings (SSSR count). The molecule has 2 aromatic heterocycles. The van der Waals surface area contributed by atoms with E-state index in [2.05, 4.69) is 31.2 Å². The Balaban J connectivity index is 1.45. The quantitative estimate of drug-likeness (QED) is 0.444. The zero-order valence-electron chi connectivity index (χ0n) is 17.2. The lowest BCUT2D eigenvalue weighted by molar-refractivity contribution is -0.116. The lowest BCUT2D eigenvalue weighted by Crippen LogP contribution is -2.31. The summed E-state index contributed by atoms with van der Waals surface area (Å²) in [5.74, 6) is 1.85. The first-order chi connectivity index (χ1) is 14.7. The smallest absolute Gasteiger partial charge is 0.229 e. The average Bonchev–Trinajstić information content (AvgIpc) is 3.23. The number of aromatic nitrogens is 2. The maximum Gasteiger partial charge on any atom is 0.229 e. The van der Waals surface area contributed by atoms with Gasteiger partial charge in [-0.15, -0.1) is 0 Å². The summed E-state index contributed by atoms with van der Waals surface area (Å²) in [4.78, 5) is 20.9. The molecule has 1 aliphatic heterocycles. The Kier molecular flexibility index (Phi) is 6.44. The molecule has 0 aliphatic carbocycles. The summed E-state index contributed by atoms with van der Waals surface area (Å²) in [6.07, 6.45) is 5.29. The lowest BCUT2D eigenvalue weighted by atomic mass is 9.98. The van der Waals surface area contributed by atoms with Gasteiger partial charge in [0.25, 0.3) is 0 Å². The molecule has 8 heteroatoms. The van der Waals surface area contributed by atoms with Crippen molar-refractivity contribution in [2.75, 3.05) is 35.6 Å². The Morgan fingerprint density at radius 2 is 1.90 bits per heavy atom. The average molecular weight is 409 g/mol. The molecule has 1 aromatic carbocycles. The van der Waals surface area contributed by atoms with Crippen LogP contribution >= 0.6 is 0 Å². The van der Waals surface area contributed by atoms with Gasteiger partial charge in [-0.1, -0.05) is 6.92 Å². The zero-order valence-corrected chi connectivity index (χ0v) is 17.2. The number of amides is 1. The molecule has 4 N–H and O–H groups in total. The number of benzene rings is 1. The van der Waals surface area contributed by atoms with Gasteiger partial charge in [0.05, 0.1) is 6.26 Å². The molecule has 0 atom stereocenters. The Hall–Kier alpha value is -3.13. The fourth-order valence-electron chi connectivity index (χ4n) is 3.58. The maximum absolute atomic E-state index is 11.7. The first kappa shape index (κ1) is 20.2. The summed E-state index contributed by atoms with van der Waals surface area (Å²) in [5.41, 5.74) is 3.04. The van der Waals surface area contributed by atoms with E-state index in [0.29, 0.717) is 29.7 Å². The van der Waals surface area contributed by atoms with Crippen molar-refractivity contribution < 1.29 is 9.21 Å². The van der Waals surface area contributed by atoms with Crippen LogP contribution in [0, 0.1) is 5.92 Å². The number of fused-ring (bicyclic) bond motifs is 1. The summed E-state index contributed by atoms with van der Waals surface area (Å²) in [6.45, 7) is 4.97. The molecule has 3 aromatic rings. The van der Waals surface area contributed by atoms with E-state index in [4.69, 9.17) is 4.42 Å². The SMILES string of the molecule is CCCC(=O)Nc1ccc(Nc2nc(NCC3CCNCC3)c3occc3n2)cc1. The zero-order chi connectivity index (χ0) is 20.8. The third-order valence-corrected chi connectivity index (χ3v) is 5.22. The van der Waals surface area contributed by atoms with Crippen LogP contribution in [0.25, 0.3) is 11.1 Å². The van der Waals surface area contributed by atoms with E-state index in [1.54, 1.807) is 6.26 Å². The molecule has 0 bridgehead atoms. The molecule has 1 fully saturated rings. The van der Waals surface area contributed by atoms with Gasteiger partial charge in [-0.25, -0.2) is 4.98 Å². The van der Waals surface area contributed by atoms with Gasteiger partial charge in [0, 0.05) is 30.4 Å². The van der Waals surface area contributed by atoms with Crippen molar-refractivity contribution in [1.29, 1.82) is 0 Å². The molecule has 1 amide bonds. The van der Waals surface area contributed by atoms with Crippen LogP contribution in [0.2, 0.25) is 0 Å². The van der Waals surface area contributed by atoms with E-state index in [1.807, 2.05) is 37.3 Å². The topological polar surface area (TPSA) is 104 Å². The summed E-state index contributed by atoms with van der Waals surface area (Å²) in [7, 11) is 0. The molecule has 8 nitrogen and oxygen atoms in total. The number of carbonyl (C=O) groups is 1. The standard InChI is InChI=1S/C22H28N6O2/c1-2-3-19(29)25-16-4-6-17(7-5-16)26-22-27-18-10-13-30-20(18)21(28-22)24-14-15-8-11-23-12-9-15/h4-7,10,13,15,23H,2-3,8-9,11-12,14H2,1H3,(H,25,29)(H2,24,26,27,28). The summed E-state index contributed by atoms with van der Waals surface area (Å²) >= 11 is 0. The van der Waals surface area contributed by atoms with Crippen LogP contribution < -0.4 is 21.3 Å². The van der Waals surface area contributed by atoms with Gasteiger partial charge in [0.1, 0.15) is 5.52 Å². The first-order valence-electron chi connectivity index (χ1n) is 10.6. The van der Waals surface area contributed by atoms with Crippen molar-refractivity contribution in [3.8, 4) is 0 Å². The van der Waals surface area contributed by atoms with Gasteiger partial charge in [-0.05, 0) is 62.5 Å². The number of hydrogen-bond donors (Lipinski definition) is 4. The van der Waals surface area contributed by atoms with Crippen molar-refractivity contribution in [2.45, 2.75) is 32.6 Å². The Bertz CT molecular complexity index is 979. The fourth-order valence-corrected chi connectivity index (χ4v) is 3.58. The second kappa shape index (κ2) is 9.58. The molecular weight excluding hydrogens is 380 g/mol. The number of nitrogens with one attached hydrogen (secondary N) is 4. The van der Waals surface area contributed by atoms with Gasteiger partial charge < -0.3 is 25.7 Å². The molecule has 1 saturated heterocycles. The second-order valence-electron chi connectivity index (χ2n) is 7.61. The third kappa shape index (κ3) is 5.07. The molecule has 0 spiro atoms. The Morgan fingerprint density at radius 3 is 2.67 bits per heavy atom. The molecule has 0 radical (unpaired) electrons. The third-order valence-electron chi connectivity index (χ3n) is 5.22. The van der Waals surface area contributed by atoms with E-state index in [0.717, 1.165) is 55.8 Å². The summed E-state index contributed by atoms with van der Waals surface area (Å²) < 4.78 is 5.60. The lowest BCUT2D eigenvalue weighted by Gasteiger charge is -2.23. The fraction of sp³-hybridized carbons (Fsp3) is 0.409. The van der Waals surface area contributed by atoms with Crippen molar-refractivity contribution in [2.24, 2.45) is 5.92 Å². The van der Waals surface area contributed by atoms with Gasteiger partial charge >= 0.3 is 0 Å². The predicted molar refractivity (Wildman–Crippen MR) is 119 cm³/mol. The van der Waals surface area contributed by atoms with Crippen LogP contribution in [0.5, 0.6) is 0 Å². The minimum atomic E-state index is 0.0245. The van der Waals surface area contributed by atoms with Crippen molar-refractivity contribution in [3.63, 3.8) is 0 Å². The van der Waals surface area contributed by atoms with Gasteiger partial charge in [-0.3, -0.25) is 4.79 Å². The molecule has 158 valence electrons. The highest BCUT2D eigenvalue weighted by Gasteiger charge is 2.16. The van der Waals surface area contributed by atoms with E-state index in [9.17, 15) is 4.79 Å². The van der Waals surface area contributed by atoms with E-state index >= 15 is 0 Å². The number of rotatable bonds is 8. The minimum absolute atomic E-state index is 0.0245. The van der Waals surface area contributed by atoms with E-state index in [1.165, 1.54) is 0 Å². The molecular formula is C22H28N6O2. The van der Waals surface area contributed by atoms with E-state index in [-0.39, 0.29) is 5.91 Å². The summed E-state index contributed by atoms with van der Waals surface area (Å²) in [6, 6.07) is 9.36. The molecule has 0 unspecified atom stereocenters.